The average Bonchev–Trinajstić information content (AvgIpc) is 3.15. The van der Waals surface area contributed by atoms with E-state index >= 15 is 0 Å². The Balaban J connectivity index is 1.69. The number of halogens is 1. The van der Waals surface area contributed by atoms with Crippen molar-refractivity contribution in [3.63, 3.8) is 0 Å². The first kappa shape index (κ1) is 20.4. The van der Waals surface area contributed by atoms with Crippen molar-refractivity contribution in [1.82, 2.24) is 19.7 Å². The Kier molecular flexibility index (Phi) is 6.75. The molecule has 3 aromatic rings. The van der Waals surface area contributed by atoms with Gasteiger partial charge in [-0.05, 0) is 43.7 Å². The number of rotatable bonds is 7. The largest absolute Gasteiger partial charge is 0.338 e. The summed E-state index contributed by atoms with van der Waals surface area (Å²) in [5.41, 5.74) is 2.07. The molecule has 1 amide bonds. The van der Waals surface area contributed by atoms with E-state index in [0.29, 0.717) is 10.8 Å². The molecule has 1 atom stereocenters. The molecule has 2 aromatic carbocycles. The molecule has 1 heterocycles. The molecule has 5 nitrogen and oxygen atoms in total. The summed E-state index contributed by atoms with van der Waals surface area (Å²) in [6.07, 6.45) is 0. The van der Waals surface area contributed by atoms with Crippen molar-refractivity contribution in [3.8, 4) is 11.4 Å². The zero-order valence-electron chi connectivity index (χ0n) is 16.2. The summed E-state index contributed by atoms with van der Waals surface area (Å²) < 4.78 is 2.02. The number of benzene rings is 2. The lowest BCUT2D eigenvalue weighted by Crippen LogP contribution is -2.31. The molecule has 7 heteroatoms. The second kappa shape index (κ2) is 9.26. The highest BCUT2D eigenvalue weighted by Gasteiger charge is 2.19. The van der Waals surface area contributed by atoms with Crippen LogP contribution in [0.15, 0.2) is 59.8 Å². The molecule has 3 rings (SSSR count). The van der Waals surface area contributed by atoms with Crippen LogP contribution in [-0.2, 0) is 11.3 Å². The van der Waals surface area contributed by atoms with Gasteiger partial charge in [-0.2, -0.15) is 0 Å². The number of carbonyl (C=O) groups excluding carboxylic acids is 1. The predicted octanol–water partition coefficient (Wildman–Crippen LogP) is 4.93. The van der Waals surface area contributed by atoms with Gasteiger partial charge >= 0.3 is 0 Å². The van der Waals surface area contributed by atoms with Crippen LogP contribution in [0.25, 0.3) is 11.4 Å². The van der Waals surface area contributed by atoms with Crippen LogP contribution in [0.2, 0.25) is 5.02 Å². The van der Waals surface area contributed by atoms with E-state index in [2.05, 4.69) is 10.2 Å². The topological polar surface area (TPSA) is 51.0 Å². The fourth-order valence-corrected chi connectivity index (χ4v) is 3.94. The lowest BCUT2D eigenvalue weighted by Gasteiger charge is -2.25. The first-order chi connectivity index (χ1) is 13.5. The lowest BCUT2D eigenvalue weighted by atomic mass is 10.1. The molecule has 0 aliphatic carbocycles. The minimum absolute atomic E-state index is 0.0166. The number of hydrogen-bond donors (Lipinski definition) is 0. The van der Waals surface area contributed by atoms with Crippen LogP contribution >= 0.6 is 23.4 Å². The number of aromatic nitrogens is 3. The lowest BCUT2D eigenvalue weighted by molar-refractivity contribution is -0.128. The fraction of sp³-hybridized carbons (Fsp3) is 0.286. The summed E-state index contributed by atoms with van der Waals surface area (Å²) >= 11 is 7.38. The Hall–Kier alpha value is -2.31. The molecule has 0 fully saturated rings. The number of hydrogen-bond acceptors (Lipinski definition) is 4. The van der Waals surface area contributed by atoms with Crippen LogP contribution in [0.3, 0.4) is 0 Å². The predicted molar refractivity (Wildman–Crippen MR) is 114 cm³/mol. The number of carbonyl (C=O) groups is 1. The highest BCUT2D eigenvalue weighted by Crippen LogP contribution is 2.26. The van der Waals surface area contributed by atoms with E-state index in [1.165, 1.54) is 11.8 Å². The Morgan fingerprint density at radius 1 is 1.14 bits per heavy atom. The fourth-order valence-electron chi connectivity index (χ4n) is 2.89. The van der Waals surface area contributed by atoms with Gasteiger partial charge in [0.25, 0.3) is 0 Å². The average molecular weight is 415 g/mol. The molecule has 0 bridgehead atoms. The van der Waals surface area contributed by atoms with Crippen LogP contribution in [0, 0.1) is 0 Å². The van der Waals surface area contributed by atoms with Gasteiger partial charge in [-0.1, -0.05) is 53.7 Å². The quantitative estimate of drug-likeness (QED) is 0.514. The maximum Gasteiger partial charge on any atom is 0.233 e. The SMILES string of the molecule is CCn1c(SCC(=O)N(C)C(C)c2ccccc2)nnc1-c1ccc(Cl)cc1. The van der Waals surface area contributed by atoms with Gasteiger partial charge in [0.2, 0.25) is 5.91 Å². The van der Waals surface area contributed by atoms with Crippen molar-refractivity contribution in [3.05, 3.63) is 65.2 Å². The van der Waals surface area contributed by atoms with Crippen molar-refractivity contribution in [2.75, 3.05) is 12.8 Å². The van der Waals surface area contributed by atoms with Crippen LogP contribution in [-0.4, -0.2) is 38.4 Å². The van der Waals surface area contributed by atoms with Gasteiger partial charge in [-0.15, -0.1) is 10.2 Å². The number of nitrogens with zero attached hydrogens (tertiary/aromatic N) is 4. The van der Waals surface area contributed by atoms with E-state index in [-0.39, 0.29) is 11.9 Å². The molecule has 28 heavy (non-hydrogen) atoms. The molecule has 0 saturated carbocycles. The number of amides is 1. The highest BCUT2D eigenvalue weighted by atomic mass is 35.5. The zero-order valence-corrected chi connectivity index (χ0v) is 17.7. The van der Waals surface area contributed by atoms with Crippen molar-refractivity contribution in [2.45, 2.75) is 31.6 Å². The first-order valence-electron chi connectivity index (χ1n) is 9.13. The summed E-state index contributed by atoms with van der Waals surface area (Å²) in [5.74, 6) is 1.15. The van der Waals surface area contributed by atoms with Gasteiger partial charge < -0.3 is 9.47 Å². The molecule has 0 spiro atoms. The molecular formula is C21H23ClN4OS. The van der Waals surface area contributed by atoms with Crippen LogP contribution in [0.5, 0.6) is 0 Å². The van der Waals surface area contributed by atoms with E-state index in [1.54, 1.807) is 4.90 Å². The van der Waals surface area contributed by atoms with Crippen molar-refractivity contribution < 1.29 is 4.79 Å². The maximum atomic E-state index is 12.7. The van der Waals surface area contributed by atoms with E-state index < -0.39 is 0 Å². The molecule has 146 valence electrons. The van der Waals surface area contributed by atoms with Crippen molar-refractivity contribution in [2.24, 2.45) is 0 Å². The van der Waals surface area contributed by atoms with E-state index in [9.17, 15) is 4.79 Å². The Morgan fingerprint density at radius 3 is 2.46 bits per heavy atom. The van der Waals surface area contributed by atoms with Gasteiger partial charge in [0, 0.05) is 24.2 Å². The van der Waals surface area contributed by atoms with E-state index in [4.69, 9.17) is 11.6 Å². The van der Waals surface area contributed by atoms with Gasteiger partial charge in [0.1, 0.15) is 0 Å². The summed E-state index contributed by atoms with van der Waals surface area (Å²) in [6.45, 7) is 4.79. The Labute approximate surface area is 174 Å². The molecule has 0 N–H and O–H groups in total. The molecule has 1 aromatic heterocycles. The van der Waals surface area contributed by atoms with E-state index in [0.717, 1.165) is 28.7 Å². The van der Waals surface area contributed by atoms with Gasteiger partial charge in [-0.25, -0.2) is 0 Å². The molecular weight excluding hydrogens is 392 g/mol. The third kappa shape index (κ3) is 4.56. The van der Waals surface area contributed by atoms with Crippen molar-refractivity contribution >= 4 is 29.3 Å². The summed E-state index contributed by atoms with van der Waals surface area (Å²) in [7, 11) is 1.84. The summed E-state index contributed by atoms with van der Waals surface area (Å²) in [5, 5.41) is 10.0. The van der Waals surface area contributed by atoms with Gasteiger partial charge in [-0.3, -0.25) is 4.79 Å². The molecule has 0 aliphatic rings. The smallest absolute Gasteiger partial charge is 0.233 e. The maximum absolute atomic E-state index is 12.7. The molecule has 0 saturated heterocycles. The second-order valence-corrected chi connectivity index (χ2v) is 7.82. The highest BCUT2D eigenvalue weighted by molar-refractivity contribution is 7.99. The van der Waals surface area contributed by atoms with Crippen LogP contribution in [0.4, 0.5) is 0 Å². The van der Waals surface area contributed by atoms with E-state index in [1.807, 2.05) is 80.1 Å². The summed E-state index contributed by atoms with van der Waals surface area (Å²) in [6, 6.07) is 17.6. The molecule has 0 radical (unpaired) electrons. The zero-order chi connectivity index (χ0) is 20.1. The summed E-state index contributed by atoms with van der Waals surface area (Å²) in [4.78, 5) is 14.5. The number of thioether (sulfide) groups is 1. The second-order valence-electron chi connectivity index (χ2n) is 6.44. The van der Waals surface area contributed by atoms with Crippen LogP contribution < -0.4 is 0 Å². The first-order valence-corrected chi connectivity index (χ1v) is 10.5. The Bertz CT molecular complexity index is 927. The minimum atomic E-state index is 0.0166. The van der Waals surface area contributed by atoms with Crippen molar-refractivity contribution in [1.29, 1.82) is 0 Å². The minimum Gasteiger partial charge on any atom is -0.338 e. The normalized spacial score (nSPS) is 12.0. The third-order valence-corrected chi connectivity index (χ3v) is 5.92. The van der Waals surface area contributed by atoms with Crippen LogP contribution in [0.1, 0.15) is 25.5 Å². The molecule has 1 unspecified atom stereocenters. The Morgan fingerprint density at radius 2 is 1.82 bits per heavy atom. The third-order valence-electron chi connectivity index (χ3n) is 4.72. The monoisotopic (exact) mass is 414 g/mol. The molecule has 0 aliphatic heterocycles. The van der Waals surface area contributed by atoms with Gasteiger partial charge in [0.15, 0.2) is 11.0 Å². The van der Waals surface area contributed by atoms with Gasteiger partial charge in [0.05, 0.1) is 11.8 Å². The standard InChI is InChI=1S/C21H23ClN4OS/c1-4-26-20(17-10-12-18(22)13-11-17)23-24-21(26)28-14-19(27)25(3)15(2)16-8-6-5-7-9-16/h5-13,15H,4,14H2,1-3H3.